The number of hydrogen-bond acceptors (Lipinski definition) is 6. The number of nitrogens with zero attached hydrogens (tertiary/aromatic N) is 4. The van der Waals surface area contributed by atoms with Gasteiger partial charge in [0.2, 0.25) is 11.8 Å². The third-order valence-corrected chi connectivity index (χ3v) is 7.53. The number of ether oxygens (including phenoxy) is 1. The third-order valence-electron chi connectivity index (χ3n) is 7.53. The van der Waals surface area contributed by atoms with Crippen LogP contribution in [0.2, 0.25) is 0 Å². The first-order valence-corrected chi connectivity index (χ1v) is 14.6. The molecule has 11 heteroatoms. The number of terminal acetylenes is 1. The minimum atomic E-state index is -0.984. The average Bonchev–Trinajstić information content (AvgIpc) is 3.02. The third kappa shape index (κ3) is 8.81. The zero-order chi connectivity index (χ0) is 32.3. The Kier molecular flexibility index (Phi) is 11.5. The van der Waals surface area contributed by atoms with Crippen molar-refractivity contribution in [2.75, 3.05) is 33.3 Å². The standard InChI is InChI=1S/C34H38FN5O5/c1-4-17-38-23-32(42)39(25(2)40(38)34(44)36-22-27-9-6-5-7-10-27)31(21-26-13-15-30(41)16-14-26)33(43)37(3)18-19-45-24-28-11-8-12-29(35)20-28/h1,5-16,20,25,31,41H,17-19,21-24H2,2-3H3,(H,36,44)/t25-,31-/m0/s1. The number of carbonyl (C=O) groups is 3. The number of benzene rings is 3. The van der Waals surface area contributed by atoms with Crippen molar-refractivity contribution >= 4 is 17.8 Å². The van der Waals surface area contributed by atoms with Gasteiger partial charge in [-0.1, -0.05) is 60.5 Å². The van der Waals surface area contributed by atoms with Crippen LogP contribution >= 0.6 is 0 Å². The quantitative estimate of drug-likeness (QED) is 0.239. The molecule has 1 aliphatic heterocycles. The van der Waals surface area contributed by atoms with Gasteiger partial charge in [0.25, 0.3) is 0 Å². The molecular formula is C34H38FN5O5. The molecule has 0 bridgehead atoms. The summed E-state index contributed by atoms with van der Waals surface area (Å²) in [5.41, 5.74) is 2.28. The van der Waals surface area contributed by atoms with E-state index in [2.05, 4.69) is 11.2 Å². The molecule has 236 valence electrons. The molecule has 0 saturated carbocycles. The summed E-state index contributed by atoms with van der Waals surface area (Å²) in [7, 11) is 1.62. The monoisotopic (exact) mass is 615 g/mol. The van der Waals surface area contributed by atoms with E-state index in [4.69, 9.17) is 11.2 Å². The van der Waals surface area contributed by atoms with Gasteiger partial charge >= 0.3 is 6.03 Å². The van der Waals surface area contributed by atoms with Gasteiger partial charge in [0.15, 0.2) is 0 Å². The largest absolute Gasteiger partial charge is 0.508 e. The van der Waals surface area contributed by atoms with E-state index in [9.17, 15) is 23.9 Å². The summed E-state index contributed by atoms with van der Waals surface area (Å²) in [5.74, 6) is 1.51. The van der Waals surface area contributed by atoms with Gasteiger partial charge in [0.05, 0.1) is 26.3 Å². The molecule has 1 fully saturated rings. The molecule has 0 radical (unpaired) electrons. The van der Waals surface area contributed by atoms with E-state index in [-0.39, 0.29) is 69.2 Å². The Balaban J connectivity index is 1.53. The molecule has 1 heterocycles. The van der Waals surface area contributed by atoms with E-state index in [1.807, 2.05) is 30.3 Å². The highest BCUT2D eigenvalue weighted by atomic mass is 19.1. The van der Waals surface area contributed by atoms with Crippen LogP contribution in [0.25, 0.3) is 0 Å². The lowest BCUT2D eigenvalue weighted by Gasteiger charge is -2.49. The van der Waals surface area contributed by atoms with Gasteiger partial charge in [-0.25, -0.2) is 14.2 Å². The molecular weight excluding hydrogens is 577 g/mol. The fraction of sp³-hybridized carbons (Fsp3) is 0.324. The van der Waals surface area contributed by atoms with Crippen molar-refractivity contribution in [1.29, 1.82) is 0 Å². The fourth-order valence-corrected chi connectivity index (χ4v) is 5.24. The van der Waals surface area contributed by atoms with Crippen LogP contribution in [-0.2, 0) is 33.9 Å². The number of aromatic hydroxyl groups is 1. The van der Waals surface area contributed by atoms with Crippen molar-refractivity contribution in [3.63, 3.8) is 0 Å². The summed E-state index contributed by atoms with van der Waals surface area (Å²) in [5, 5.41) is 15.6. The minimum Gasteiger partial charge on any atom is -0.508 e. The molecule has 10 nitrogen and oxygen atoms in total. The molecule has 1 saturated heterocycles. The maximum Gasteiger partial charge on any atom is 0.334 e. The van der Waals surface area contributed by atoms with Crippen LogP contribution in [-0.4, -0.2) is 88.3 Å². The molecule has 0 aromatic heterocycles. The van der Waals surface area contributed by atoms with E-state index in [0.29, 0.717) is 11.1 Å². The fourth-order valence-electron chi connectivity index (χ4n) is 5.24. The highest BCUT2D eigenvalue weighted by molar-refractivity contribution is 5.90. The summed E-state index contributed by atoms with van der Waals surface area (Å²) in [6.45, 7) is 2.32. The van der Waals surface area contributed by atoms with Crippen molar-refractivity contribution in [1.82, 2.24) is 25.1 Å². The maximum atomic E-state index is 14.0. The van der Waals surface area contributed by atoms with Crippen molar-refractivity contribution in [2.45, 2.75) is 38.7 Å². The zero-order valence-electron chi connectivity index (χ0n) is 25.4. The zero-order valence-corrected chi connectivity index (χ0v) is 25.4. The topological polar surface area (TPSA) is 106 Å². The number of amides is 4. The Bertz CT molecular complexity index is 1500. The molecule has 0 aliphatic carbocycles. The number of halogens is 1. The first kappa shape index (κ1) is 33.0. The highest BCUT2D eigenvalue weighted by Crippen LogP contribution is 2.24. The number of likely N-dealkylation sites (N-methyl/N-ethyl adjacent to an activating group) is 1. The number of rotatable bonds is 12. The summed E-state index contributed by atoms with van der Waals surface area (Å²) in [6, 6.07) is 20.5. The van der Waals surface area contributed by atoms with Gasteiger partial charge in [0.1, 0.15) is 23.8 Å². The summed E-state index contributed by atoms with van der Waals surface area (Å²) >= 11 is 0. The number of nitrogens with one attached hydrogen (secondary N) is 1. The molecule has 4 amide bonds. The second-order valence-corrected chi connectivity index (χ2v) is 10.8. The van der Waals surface area contributed by atoms with Gasteiger partial charge < -0.3 is 25.0 Å². The minimum absolute atomic E-state index is 0.0157. The van der Waals surface area contributed by atoms with E-state index < -0.39 is 18.2 Å². The highest BCUT2D eigenvalue weighted by Gasteiger charge is 2.44. The summed E-state index contributed by atoms with van der Waals surface area (Å²) in [4.78, 5) is 44.2. The Morgan fingerprint density at radius 1 is 1.09 bits per heavy atom. The molecule has 0 unspecified atom stereocenters. The van der Waals surface area contributed by atoms with E-state index in [1.165, 1.54) is 44.1 Å². The Labute approximate surface area is 262 Å². The molecule has 0 spiro atoms. The van der Waals surface area contributed by atoms with Crippen LogP contribution < -0.4 is 5.32 Å². The second-order valence-electron chi connectivity index (χ2n) is 10.8. The van der Waals surface area contributed by atoms with Crippen molar-refractivity contribution in [3.8, 4) is 18.1 Å². The molecule has 3 aromatic rings. The van der Waals surface area contributed by atoms with Crippen molar-refractivity contribution in [3.05, 3.63) is 101 Å². The van der Waals surface area contributed by atoms with Gasteiger partial charge in [-0.15, -0.1) is 6.42 Å². The smallest absolute Gasteiger partial charge is 0.334 e. The number of phenols is 1. The van der Waals surface area contributed by atoms with Gasteiger partial charge in [0, 0.05) is 26.6 Å². The van der Waals surface area contributed by atoms with Crippen LogP contribution in [0, 0.1) is 18.2 Å². The predicted molar refractivity (Wildman–Crippen MR) is 167 cm³/mol. The first-order valence-electron chi connectivity index (χ1n) is 14.6. The van der Waals surface area contributed by atoms with Crippen molar-refractivity contribution in [2.24, 2.45) is 0 Å². The average molecular weight is 616 g/mol. The number of carbonyl (C=O) groups excluding carboxylic acids is 3. The first-order chi connectivity index (χ1) is 21.7. The molecule has 2 N–H and O–H groups in total. The summed E-state index contributed by atoms with van der Waals surface area (Å²) in [6.07, 6.45) is 4.87. The lowest BCUT2D eigenvalue weighted by Crippen LogP contribution is -2.70. The number of urea groups is 1. The van der Waals surface area contributed by atoms with Crippen LogP contribution in [0.15, 0.2) is 78.9 Å². The second kappa shape index (κ2) is 15.7. The number of phenolic OH excluding ortho intramolecular Hbond substituents is 1. The predicted octanol–water partition coefficient (Wildman–Crippen LogP) is 3.37. The Morgan fingerprint density at radius 3 is 2.49 bits per heavy atom. The molecule has 45 heavy (non-hydrogen) atoms. The van der Waals surface area contributed by atoms with E-state index in [0.717, 1.165) is 5.56 Å². The van der Waals surface area contributed by atoms with E-state index >= 15 is 0 Å². The van der Waals surface area contributed by atoms with Crippen LogP contribution in [0.5, 0.6) is 5.75 Å². The van der Waals surface area contributed by atoms with Crippen LogP contribution in [0.4, 0.5) is 9.18 Å². The van der Waals surface area contributed by atoms with Gasteiger partial charge in [-0.2, -0.15) is 5.01 Å². The van der Waals surface area contributed by atoms with E-state index in [1.54, 1.807) is 38.2 Å². The van der Waals surface area contributed by atoms with Crippen LogP contribution in [0.1, 0.15) is 23.6 Å². The number of hydrogen-bond donors (Lipinski definition) is 2. The van der Waals surface area contributed by atoms with Gasteiger partial charge in [-0.3, -0.25) is 9.59 Å². The molecule has 3 aromatic carbocycles. The number of hydrazine groups is 1. The molecule has 4 rings (SSSR count). The lowest BCUT2D eigenvalue weighted by atomic mass is 10.0. The maximum absolute atomic E-state index is 14.0. The Morgan fingerprint density at radius 2 is 1.80 bits per heavy atom. The lowest BCUT2D eigenvalue weighted by molar-refractivity contribution is -0.173. The SMILES string of the molecule is C#CCN1CC(=O)N([C@@H](Cc2ccc(O)cc2)C(=O)N(C)CCOCc2cccc(F)c2)[C@H](C)N1C(=O)NCc1ccccc1. The van der Waals surface area contributed by atoms with Crippen molar-refractivity contribution < 1.29 is 28.6 Å². The van der Waals surface area contributed by atoms with Gasteiger partial charge in [-0.05, 0) is 47.9 Å². The normalized spacial score (nSPS) is 15.8. The Hall–Kier alpha value is -4.92. The van der Waals surface area contributed by atoms with Crippen LogP contribution in [0.3, 0.4) is 0 Å². The summed E-state index contributed by atoms with van der Waals surface area (Å²) < 4.78 is 19.2. The molecule has 2 atom stereocenters. The molecule has 1 aliphatic rings.